The monoisotopic (exact) mass is 445 g/mol. The molecule has 7 nitrogen and oxygen atoms in total. The number of benzene rings is 2. The molecule has 0 saturated heterocycles. The van der Waals surface area contributed by atoms with Crippen molar-refractivity contribution < 1.29 is 19.1 Å². The molecule has 0 aliphatic carbocycles. The van der Waals surface area contributed by atoms with E-state index in [0.717, 1.165) is 27.4 Å². The Balaban J connectivity index is 1.58. The molecule has 0 radical (unpaired) electrons. The number of pyridine rings is 1. The van der Waals surface area contributed by atoms with Crippen molar-refractivity contribution in [2.75, 3.05) is 0 Å². The van der Waals surface area contributed by atoms with Gasteiger partial charge in [0.15, 0.2) is 0 Å². The molecule has 1 unspecified atom stereocenters. The average Bonchev–Trinajstić information content (AvgIpc) is 3.15. The molecule has 1 atom stereocenters. The number of carbonyl (C=O) groups excluding carboxylic acids is 2. The molecule has 0 aliphatic rings. The highest BCUT2D eigenvalue weighted by molar-refractivity contribution is 6.04. The Labute approximate surface area is 192 Å². The Morgan fingerprint density at radius 3 is 2.58 bits per heavy atom. The molecule has 2 aromatic heterocycles. The van der Waals surface area contributed by atoms with Crippen molar-refractivity contribution in [2.45, 2.75) is 46.3 Å². The van der Waals surface area contributed by atoms with Gasteiger partial charge in [0.2, 0.25) is 11.8 Å². The van der Waals surface area contributed by atoms with E-state index in [1.165, 1.54) is 6.92 Å². The Morgan fingerprint density at radius 2 is 1.85 bits per heavy atom. The zero-order valence-electron chi connectivity index (χ0n) is 19.4. The van der Waals surface area contributed by atoms with Crippen molar-refractivity contribution in [2.24, 2.45) is 0 Å². The van der Waals surface area contributed by atoms with E-state index in [0.29, 0.717) is 17.2 Å². The maximum atomic E-state index is 12.6. The topological polar surface area (TPSA) is 93.3 Å². The van der Waals surface area contributed by atoms with Crippen LogP contribution in [0.5, 0.6) is 11.6 Å². The number of esters is 1. The van der Waals surface area contributed by atoms with Crippen molar-refractivity contribution in [1.82, 2.24) is 15.3 Å². The molecule has 4 rings (SSSR count). The lowest BCUT2D eigenvalue weighted by Gasteiger charge is -2.19. The van der Waals surface area contributed by atoms with E-state index in [4.69, 9.17) is 9.47 Å². The molecule has 0 spiro atoms. The van der Waals surface area contributed by atoms with Crippen LogP contribution in [0, 0.1) is 0 Å². The minimum absolute atomic E-state index is 0.0707. The van der Waals surface area contributed by atoms with Crippen LogP contribution in [0.4, 0.5) is 0 Å². The van der Waals surface area contributed by atoms with Gasteiger partial charge < -0.3 is 19.8 Å². The van der Waals surface area contributed by atoms with Crippen molar-refractivity contribution in [3.63, 3.8) is 0 Å². The largest absolute Gasteiger partial charge is 0.456 e. The van der Waals surface area contributed by atoms with E-state index < -0.39 is 5.60 Å². The summed E-state index contributed by atoms with van der Waals surface area (Å²) in [5.74, 6) is 0.547. The highest BCUT2D eigenvalue weighted by atomic mass is 16.6. The second kappa shape index (κ2) is 8.58. The normalized spacial score (nSPS) is 12.5. The highest BCUT2D eigenvalue weighted by Crippen LogP contribution is 2.29. The second-order valence-electron chi connectivity index (χ2n) is 9.04. The minimum atomic E-state index is -0.580. The van der Waals surface area contributed by atoms with Gasteiger partial charge in [0.05, 0.1) is 17.1 Å². The van der Waals surface area contributed by atoms with Gasteiger partial charge in [-0.15, -0.1) is 0 Å². The predicted molar refractivity (Wildman–Crippen MR) is 128 cm³/mol. The summed E-state index contributed by atoms with van der Waals surface area (Å²) in [7, 11) is 0. The van der Waals surface area contributed by atoms with E-state index in [9.17, 15) is 9.59 Å². The van der Waals surface area contributed by atoms with E-state index in [1.807, 2.05) is 64.1 Å². The fraction of sp³-hybridized carbons (Fsp3) is 0.269. The molecule has 4 aromatic rings. The lowest BCUT2D eigenvalue weighted by Crippen LogP contribution is -2.23. The van der Waals surface area contributed by atoms with E-state index in [-0.39, 0.29) is 17.9 Å². The number of H-pyrrole nitrogens is 1. The number of hydrogen-bond acceptors (Lipinski definition) is 5. The molecule has 2 N–H and O–H groups in total. The average molecular weight is 446 g/mol. The van der Waals surface area contributed by atoms with Gasteiger partial charge in [-0.05, 0) is 69.7 Å². The molecule has 170 valence electrons. The molecule has 0 bridgehead atoms. The van der Waals surface area contributed by atoms with Crippen molar-refractivity contribution in [3.8, 4) is 11.6 Å². The summed E-state index contributed by atoms with van der Waals surface area (Å²) in [5.41, 5.74) is 2.47. The number of ether oxygens (including phenoxy) is 2. The third-order valence-electron chi connectivity index (χ3n) is 5.10. The SMILES string of the molecule is CC(=O)NC(C)c1ccc2nc(Oc3ccc4[nH]cc(C(=O)OC(C)(C)C)c4c3)ccc2c1. The lowest BCUT2D eigenvalue weighted by atomic mass is 10.1. The van der Waals surface area contributed by atoms with E-state index in [1.54, 1.807) is 18.3 Å². The number of aromatic amines is 1. The van der Waals surface area contributed by atoms with Gasteiger partial charge in [-0.25, -0.2) is 9.78 Å². The van der Waals surface area contributed by atoms with Gasteiger partial charge in [0.25, 0.3) is 0 Å². The van der Waals surface area contributed by atoms with Crippen LogP contribution < -0.4 is 10.1 Å². The van der Waals surface area contributed by atoms with Gasteiger partial charge in [-0.2, -0.15) is 0 Å². The van der Waals surface area contributed by atoms with Crippen LogP contribution in [-0.2, 0) is 9.53 Å². The third kappa shape index (κ3) is 5.14. The van der Waals surface area contributed by atoms with Crippen molar-refractivity contribution in [1.29, 1.82) is 0 Å². The van der Waals surface area contributed by atoms with Gasteiger partial charge in [0, 0.05) is 35.5 Å². The standard InChI is InChI=1S/C26H27N3O4/c1-15(28-16(2)30)17-6-9-22-18(12-17)7-11-24(29-22)32-19-8-10-23-20(13-19)21(14-27-23)25(31)33-26(3,4)5/h6-15,27H,1-5H3,(H,28,30). The Morgan fingerprint density at radius 1 is 1.06 bits per heavy atom. The Hall–Kier alpha value is -3.87. The summed E-state index contributed by atoms with van der Waals surface area (Å²) < 4.78 is 11.5. The minimum Gasteiger partial charge on any atom is -0.456 e. The van der Waals surface area contributed by atoms with Crippen molar-refractivity contribution in [3.05, 3.63) is 65.9 Å². The first-order valence-corrected chi connectivity index (χ1v) is 10.8. The number of rotatable bonds is 5. The molecule has 0 aliphatic heterocycles. The maximum absolute atomic E-state index is 12.6. The number of hydrogen-bond donors (Lipinski definition) is 2. The van der Waals surface area contributed by atoms with Crippen LogP contribution in [0.1, 0.15) is 56.6 Å². The summed E-state index contributed by atoms with van der Waals surface area (Å²) in [6, 6.07) is 15.0. The number of fused-ring (bicyclic) bond motifs is 2. The van der Waals surface area contributed by atoms with Crippen LogP contribution in [0.2, 0.25) is 0 Å². The molecule has 33 heavy (non-hydrogen) atoms. The fourth-order valence-electron chi connectivity index (χ4n) is 3.63. The maximum Gasteiger partial charge on any atom is 0.340 e. The molecule has 1 amide bonds. The number of carbonyl (C=O) groups is 2. The third-order valence-corrected chi connectivity index (χ3v) is 5.10. The van der Waals surface area contributed by atoms with Crippen LogP contribution >= 0.6 is 0 Å². The first-order chi connectivity index (χ1) is 15.6. The molecule has 7 heteroatoms. The molecular formula is C26H27N3O4. The van der Waals surface area contributed by atoms with Crippen LogP contribution in [0.15, 0.2) is 54.7 Å². The fourth-order valence-corrected chi connectivity index (χ4v) is 3.63. The predicted octanol–water partition coefficient (Wildman–Crippen LogP) is 5.66. The number of nitrogens with one attached hydrogen (secondary N) is 2. The van der Waals surface area contributed by atoms with Crippen LogP contribution in [0.3, 0.4) is 0 Å². The van der Waals surface area contributed by atoms with Crippen LogP contribution in [-0.4, -0.2) is 27.4 Å². The summed E-state index contributed by atoms with van der Waals surface area (Å²) in [6.07, 6.45) is 1.65. The zero-order chi connectivity index (χ0) is 23.8. The van der Waals surface area contributed by atoms with Gasteiger partial charge in [0.1, 0.15) is 11.4 Å². The first-order valence-electron chi connectivity index (χ1n) is 10.8. The number of amides is 1. The summed E-state index contributed by atoms with van der Waals surface area (Å²) in [4.78, 5) is 31.6. The molecule has 0 saturated carbocycles. The van der Waals surface area contributed by atoms with Crippen molar-refractivity contribution >= 4 is 33.7 Å². The lowest BCUT2D eigenvalue weighted by molar-refractivity contribution is -0.119. The van der Waals surface area contributed by atoms with Gasteiger partial charge in [-0.3, -0.25) is 4.79 Å². The summed E-state index contributed by atoms with van der Waals surface area (Å²) in [5, 5.41) is 4.56. The van der Waals surface area contributed by atoms with Gasteiger partial charge >= 0.3 is 5.97 Å². The highest BCUT2D eigenvalue weighted by Gasteiger charge is 2.21. The number of nitrogens with zero attached hydrogens (tertiary/aromatic N) is 1. The Bertz CT molecular complexity index is 1350. The summed E-state index contributed by atoms with van der Waals surface area (Å²) in [6.45, 7) is 8.95. The smallest absolute Gasteiger partial charge is 0.340 e. The number of aromatic nitrogens is 2. The molecular weight excluding hydrogens is 418 g/mol. The van der Waals surface area contributed by atoms with E-state index >= 15 is 0 Å². The molecule has 2 aromatic carbocycles. The molecule has 2 heterocycles. The quantitative estimate of drug-likeness (QED) is 0.387. The van der Waals surface area contributed by atoms with Crippen LogP contribution in [0.25, 0.3) is 21.8 Å². The van der Waals surface area contributed by atoms with E-state index in [2.05, 4.69) is 15.3 Å². The Kier molecular flexibility index (Phi) is 5.80. The second-order valence-corrected chi connectivity index (χ2v) is 9.04. The molecule has 0 fully saturated rings. The van der Waals surface area contributed by atoms with Gasteiger partial charge in [-0.1, -0.05) is 6.07 Å². The zero-order valence-corrected chi connectivity index (χ0v) is 19.4. The summed E-state index contributed by atoms with van der Waals surface area (Å²) >= 11 is 0. The first kappa shape index (κ1) is 22.3.